The standard InChI is InChI=1S/C11H25NO/c1-5-11(2,3)12-9-7-6-8-10-13-4/h12H,5-10H2,1-4H3. The lowest BCUT2D eigenvalue weighted by Crippen LogP contribution is -2.38. The minimum absolute atomic E-state index is 0.307. The molecule has 0 aliphatic rings. The molecule has 0 radical (unpaired) electrons. The average Bonchev–Trinajstić information content (AvgIpc) is 2.11. The van der Waals surface area contributed by atoms with Gasteiger partial charge in [-0.2, -0.15) is 0 Å². The first kappa shape index (κ1) is 12.9. The largest absolute Gasteiger partial charge is 0.385 e. The van der Waals surface area contributed by atoms with Crippen molar-refractivity contribution in [1.29, 1.82) is 0 Å². The molecule has 0 aromatic rings. The highest BCUT2D eigenvalue weighted by molar-refractivity contribution is 4.74. The first-order valence-electron chi connectivity index (χ1n) is 5.36. The van der Waals surface area contributed by atoms with Gasteiger partial charge in [0, 0.05) is 19.3 Å². The third kappa shape index (κ3) is 8.26. The van der Waals surface area contributed by atoms with Crippen LogP contribution in [0.15, 0.2) is 0 Å². The van der Waals surface area contributed by atoms with E-state index in [1.54, 1.807) is 7.11 Å². The highest BCUT2D eigenvalue weighted by atomic mass is 16.5. The third-order valence-corrected chi connectivity index (χ3v) is 2.51. The highest BCUT2D eigenvalue weighted by Gasteiger charge is 2.12. The van der Waals surface area contributed by atoms with Crippen LogP contribution in [0.2, 0.25) is 0 Å². The number of nitrogens with one attached hydrogen (secondary N) is 1. The quantitative estimate of drug-likeness (QED) is 0.590. The molecular formula is C11H25NO. The molecule has 0 bridgehead atoms. The first-order valence-corrected chi connectivity index (χ1v) is 5.36. The van der Waals surface area contributed by atoms with Gasteiger partial charge in [-0.25, -0.2) is 0 Å². The zero-order valence-corrected chi connectivity index (χ0v) is 9.65. The van der Waals surface area contributed by atoms with Crippen molar-refractivity contribution in [1.82, 2.24) is 5.32 Å². The fourth-order valence-corrected chi connectivity index (χ4v) is 1.10. The highest BCUT2D eigenvalue weighted by Crippen LogP contribution is 2.06. The van der Waals surface area contributed by atoms with Crippen molar-refractivity contribution in [3.05, 3.63) is 0 Å². The Morgan fingerprint density at radius 1 is 1.15 bits per heavy atom. The van der Waals surface area contributed by atoms with Crippen molar-refractivity contribution >= 4 is 0 Å². The molecule has 13 heavy (non-hydrogen) atoms. The molecule has 0 amide bonds. The number of rotatable bonds is 8. The molecule has 0 saturated heterocycles. The fourth-order valence-electron chi connectivity index (χ4n) is 1.10. The van der Waals surface area contributed by atoms with Gasteiger partial charge in [-0.3, -0.25) is 0 Å². The smallest absolute Gasteiger partial charge is 0.0462 e. The molecule has 0 atom stereocenters. The van der Waals surface area contributed by atoms with Gasteiger partial charge in [-0.1, -0.05) is 6.92 Å². The zero-order chi connectivity index (χ0) is 10.2. The average molecular weight is 187 g/mol. The van der Waals surface area contributed by atoms with Crippen LogP contribution in [-0.2, 0) is 4.74 Å². The summed E-state index contributed by atoms with van der Waals surface area (Å²) in [4.78, 5) is 0. The van der Waals surface area contributed by atoms with Gasteiger partial charge in [0.25, 0.3) is 0 Å². The summed E-state index contributed by atoms with van der Waals surface area (Å²) in [5.74, 6) is 0. The molecule has 2 heteroatoms. The topological polar surface area (TPSA) is 21.3 Å². The second-order valence-electron chi connectivity index (χ2n) is 4.22. The predicted octanol–water partition coefficient (Wildman–Crippen LogP) is 2.58. The predicted molar refractivity (Wildman–Crippen MR) is 58.1 cm³/mol. The van der Waals surface area contributed by atoms with E-state index in [0.717, 1.165) is 13.2 Å². The summed E-state index contributed by atoms with van der Waals surface area (Å²) in [6.07, 6.45) is 4.89. The Hall–Kier alpha value is -0.0800. The van der Waals surface area contributed by atoms with Crippen LogP contribution in [-0.4, -0.2) is 25.8 Å². The van der Waals surface area contributed by atoms with Crippen LogP contribution < -0.4 is 5.32 Å². The van der Waals surface area contributed by atoms with E-state index in [9.17, 15) is 0 Å². The minimum atomic E-state index is 0.307. The lowest BCUT2D eigenvalue weighted by atomic mass is 10.0. The minimum Gasteiger partial charge on any atom is -0.385 e. The summed E-state index contributed by atoms with van der Waals surface area (Å²) in [7, 11) is 1.76. The van der Waals surface area contributed by atoms with Crippen molar-refractivity contribution in [3.63, 3.8) is 0 Å². The number of ether oxygens (including phenoxy) is 1. The van der Waals surface area contributed by atoms with Gasteiger partial charge in [0.1, 0.15) is 0 Å². The number of methoxy groups -OCH3 is 1. The van der Waals surface area contributed by atoms with E-state index in [4.69, 9.17) is 4.74 Å². The van der Waals surface area contributed by atoms with Gasteiger partial charge in [0.15, 0.2) is 0 Å². The monoisotopic (exact) mass is 187 g/mol. The van der Waals surface area contributed by atoms with Crippen molar-refractivity contribution < 1.29 is 4.74 Å². The van der Waals surface area contributed by atoms with Crippen molar-refractivity contribution in [2.75, 3.05) is 20.3 Å². The molecular weight excluding hydrogens is 162 g/mol. The Morgan fingerprint density at radius 2 is 1.85 bits per heavy atom. The Balaban J connectivity index is 3.16. The van der Waals surface area contributed by atoms with E-state index < -0.39 is 0 Å². The van der Waals surface area contributed by atoms with Crippen LogP contribution in [0.4, 0.5) is 0 Å². The maximum Gasteiger partial charge on any atom is 0.0462 e. The molecule has 0 saturated carbocycles. The SMILES string of the molecule is CCC(C)(C)NCCCCCOC. The molecule has 2 nitrogen and oxygen atoms in total. The molecule has 80 valence electrons. The van der Waals surface area contributed by atoms with Crippen LogP contribution >= 0.6 is 0 Å². The second-order valence-corrected chi connectivity index (χ2v) is 4.22. The number of hydrogen-bond acceptors (Lipinski definition) is 2. The summed E-state index contributed by atoms with van der Waals surface area (Å²) in [6, 6.07) is 0. The van der Waals surface area contributed by atoms with E-state index in [0.29, 0.717) is 5.54 Å². The Morgan fingerprint density at radius 3 is 2.38 bits per heavy atom. The summed E-state index contributed by atoms with van der Waals surface area (Å²) < 4.78 is 4.99. The van der Waals surface area contributed by atoms with Crippen LogP contribution in [0.25, 0.3) is 0 Å². The van der Waals surface area contributed by atoms with E-state index in [2.05, 4.69) is 26.1 Å². The maximum atomic E-state index is 4.99. The van der Waals surface area contributed by atoms with Crippen molar-refractivity contribution in [2.24, 2.45) is 0 Å². The van der Waals surface area contributed by atoms with E-state index in [1.165, 1.54) is 25.7 Å². The maximum absolute atomic E-state index is 4.99. The van der Waals surface area contributed by atoms with Gasteiger partial charge in [0.2, 0.25) is 0 Å². The summed E-state index contributed by atoms with van der Waals surface area (Å²) in [5, 5.41) is 3.54. The molecule has 0 unspecified atom stereocenters. The third-order valence-electron chi connectivity index (χ3n) is 2.51. The fraction of sp³-hybridized carbons (Fsp3) is 1.00. The molecule has 0 spiro atoms. The lowest BCUT2D eigenvalue weighted by molar-refractivity contribution is 0.191. The summed E-state index contributed by atoms with van der Waals surface area (Å²) >= 11 is 0. The van der Waals surface area contributed by atoms with Crippen LogP contribution in [0, 0.1) is 0 Å². The molecule has 0 aliphatic carbocycles. The van der Waals surface area contributed by atoms with Crippen molar-refractivity contribution in [3.8, 4) is 0 Å². The first-order chi connectivity index (χ1) is 6.12. The van der Waals surface area contributed by atoms with E-state index in [1.807, 2.05) is 0 Å². The van der Waals surface area contributed by atoms with Gasteiger partial charge >= 0.3 is 0 Å². The van der Waals surface area contributed by atoms with Crippen LogP contribution in [0.3, 0.4) is 0 Å². The Kier molecular flexibility index (Phi) is 7.29. The molecule has 0 rings (SSSR count). The van der Waals surface area contributed by atoms with Gasteiger partial charge in [-0.15, -0.1) is 0 Å². The van der Waals surface area contributed by atoms with Crippen LogP contribution in [0.1, 0.15) is 46.5 Å². The van der Waals surface area contributed by atoms with Gasteiger partial charge < -0.3 is 10.1 Å². The Labute approximate surface area is 83.1 Å². The lowest BCUT2D eigenvalue weighted by Gasteiger charge is -2.24. The molecule has 0 fully saturated rings. The number of hydrogen-bond donors (Lipinski definition) is 1. The normalized spacial score (nSPS) is 12.0. The van der Waals surface area contributed by atoms with Gasteiger partial charge in [0.05, 0.1) is 0 Å². The van der Waals surface area contributed by atoms with Crippen molar-refractivity contribution in [2.45, 2.75) is 52.0 Å². The summed E-state index contributed by atoms with van der Waals surface area (Å²) in [6.45, 7) is 8.75. The Bertz CT molecular complexity index is 113. The molecule has 0 heterocycles. The zero-order valence-electron chi connectivity index (χ0n) is 9.65. The molecule has 0 aromatic heterocycles. The van der Waals surface area contributed by atoms with E-state index in [-0.39, 0.29) is 0 Å². The molecule has 0 aliphatic heterocycles. The number of unbranched alkanes of at least 4 members (excludes halogenated alkanes) is 2. The molecule has 1 N–H and O–H groups in total. The second kappa shape index (κ2) is 7.34. The van der Waals surface area contributed by atoms with Gasteiger partial charge in [-0.05, 0) is 46.1 Å². The molecule has 0 aromatic carbocycles. The summed E-state index contributed by atoms with van der Waals surface area (Å²) in [5.41, 5.74) is 0.307. The van der Waals surface area contributed by atoms with Crippen LogP contribution in [0.5, 0.6) is 0 Å². The van der Waals surface area contributed by atoms with E-state index >= 15 is 0 Å².